The minimum absolute atomic E-state index is 0.110. The Bertz CT molecular complexity index is 1220. The van der Waals surface area contributed by atoms with Crippen LogP contribution in [-0.2, 0) is 27.8 Å². The van der Waals surface area contributed by atoms with Gasteiger partial charge >= 0.3 is 0 Å². The van der Waals surface area contributed by atoms with Gasteiger partial charge in [-0.25, -0.2) is 8.42 Å². The minimum atomic E-state index is -3.75. The summed E-state index contributed by atoms with van der Waals surface area (Å²) in [5, 5.41) is 1.60. The molecule has 5 rings (SSSR count). The number of H-pyrrole nitrogens is 1. The van der Waals surface area contributed by atoms with Crippen molar-refractivity contribution in [1.82, 2.24) is 14.2 Å². The van der Waals surface area contributed by atoms with Gasteiger partial charge < -0.3 is 9.88 Å². The SMILES string of the molecule is O=C(C1CCCN1S(=O)(=O)c1ccc(Cl)cc1)N1CCc2[nH]c3ccccc3c2C1. The zero-order chi connectivity index (χ0) is 20.9. The van der Waals surface area contributed by atoms with Gasteiger partial charge in [0.15, 0.2) is 0 Å². The molecule has 2 aliphatic rings. The van der Waals surface area contributed by atoms with Crippen molar-refractivity contribution < 1.29 is 13.2 Å². The number of amides is 1. The van der Waals surface area contributed by atoms with Gasteiger partial charge in [0.05, 0.1) is 4.90 Å². The van der Waals surface area contributed by atoms with E-state index in [1.54, 1.807) is 12.1 Å². The molecule has 3 heterocycles. The average Bonchev–Trinajstić information content (AvgIpc) is 3.38. The van der Waals surface area contributed by atoms with E-state index in [1.807, 2.05) is 23.1 Å². The van der Waals surface area contributed by atoms with Crippen molar-refractivity contribution in [2.75, 3.05) is 13.1 Å². The highest BCUT2D eigenvalue weighted by Gasteiger charge is 2.41. The lowest BCUT2D eigenvalue weighted by Gasteiger charge is -2.32. The van der Waals surface area contributed by atoms with Crippen LogP contribution in [0.1, 0.15) is 24.1 Å². The number of carbonyl (C=O) groups excluding carboxylic acids is 1. The van der Waals surface area contributed by atoms with Crippen molar-refractivity contribution in [3.05, 3.63) is 64.8 Å². The fourth-order valence-corrected chi connectivity index (χ4v) is 6.36. The van der Waals surface area contributed by atoms with Crippen LogP contribution in [-0.4, -0.2) is 47.6 Å². The Kier molecular flexibility index (Phi) is 4.84. The maximum Gasteiger partial charge on any atom is 0.243 e. The van der Waals surface area contributed by atoms with Crippen LogP contribution in [0.2, 0.25) is 5.02 Å². The number of rotatable bonds is 3. The molecule has 1 amide bonds. The molecule has 1 N–H and O–H groups in total. The van der Waals surface area contributed by atoms with E-state index in [0.717, 1.165) is 28.6 Å². The first-order valence-corrected chi connectivity index (χ1v) is 11.9. The van der Waals surface area contributed by atoms with E-state index in [2.05, 4.69) is 11.1 Å². The quantitative estimate of drug-likeness (QED) is 0.672. The number of benzene rings is 2. The highest BCUT2D eigenvalue weighted by atomic mass is 35.5. The van der Waals surface area contributed by atoms with Crippen LogP contribution >= 0.6 is 11.6 Å². The van der Waals surface area contributed by atoms with Crippen molar-refractivity contribution in [3.8, 4) is 0 Å². The molecular weight excluding hydrogens is 422 g/mol. The molecule has 0 bridgehead atoms. The van der Waals surface area contributed by atoms with Crippen LogP contribution in [0.3, 0.4) is 0 Å². The zero-order valence-corrected chi connectivity index (χ0v) is 17.9. The van der Waals surface area contributed by atoms with Crippen molar-refractivity contribution in [2.24, 2.45) is 0 Å². The van der Waals surface area contributed by atoms with Crippen LogP contribution in [0.25, 0.3) is 10.9 Å². The first kappa shape index (κ1) is 19.6. The lowest BCUT2D eigenvalue weighted by atomic mass is 10.0. The molecule has 1 fully saturated rings. The maximum absolute atomic E-state index is 13.4. The second kappa shape index (κ2) is 7.41. The molecule has 156 valence electrons. The van der Waals surface area contributed by atoms with Crippen LogP contribution < -0.4 is 0 Å². The topological polar surface area (TPSA) is 73.5 Å². The number of nitrogens with zero attached hydrogens (tertiary/aromatic N) is 2. The number of halogens is 1. The average molecular weight is 444 g/mol. The van der Waals surface area contributed by atoms with E-state index >= 15 is 0 Å². The van der Waals surface area contributed by atoms with Gasteiger partial charge in [-0.2, -0.15) is 4.31 Å². The Morgan fingerprint density at radius 2 is 1.83 bits per heavy atom. The largest absolute Gasteiger partial charge is 0.358 e. The summed E-state index contributed by atoms with van der Waals surface area (Å²) >= 11 is 5.90. The van der Waals surface area contributed by atoms with E-state index in [-0.39, 0.29) is 10.8 Å². The molecule has 8 heteroatoms. The molecule has 0 spiro atoms. The Morgan fingerprint density at radius 3 is 2.63 bits per heavy atom. The fraction of sp³-hybridized carbons (Fsp3) is 0.318. The second-order valence-corrected chi connectivity index (χ2v) is 10.2. The Hall–Kier alpha value is -2.35. The molecule has 0 saturated carbocycles. The predicted molar refractivity (Wildman–Crippen MR) is 116 cm³/mol. The molecule has 1 unspecified atom stereocenters. The number of sulfonamides is 1. The van der Waals surface area contributed by atoms with E-state index in [1.165, 1.54) is 16.4 Å². The molecule has 3 aromatic rings. The van der Waals surface area contributed by atoms with Gasteiger partial charge in [0.1, 0.15) is 6.04 Å². The number of hydrogen-bond acceptors (Lipinski definition) is 3. The molecule has 6 nitrogen and oxygen atoms in total. The van der Waals surface area contributed by atoms with Crippen LogP contribution in [0.5, 0.6) is 0 Å². The van der Waals surface area contributed by atoms with Crippen LogP contribution in [0, 0.1) is 0 Å². The van der Waals surface area contributed by atoms with Gasteiger partial charge in [-0.1, -0.05) is 29.8 Å². The molecule has 1 aromatic heterocycles. The van der Waals surface area contributed by atoms with Gasteiger partial charge in [-0.05, 0) is 43.2 Å². The fourth-order valence-electron chi connectivity index (χ4n) is 4.58. The first-order valence-electron chi connectivity index (χ1n) is 10.1. The lowest BCUT2D eigenvalue weighted by Crippen LogP contribution is -2.48. The predicted octanol–water partition coefficient (Wildman–Crippen LogP) is 3.56. The Morgan fingerprint density at radius 1 is 1.07 bits per heavy atom. The van der Waals surface area contributed by atoms with Gasteiger partial charge in [0.2, 0.25) is 15.9 Å². The monoisotopic (exact) mass is 443 g/mol. The summed E-state index contributed by atoms with van der Waals surface area (Å²) in [6.07, 6.45) is 1.96. The summed E-state index contributed by atoms with van der Waals surface area (Å²) in [6.45, 7) is 1.45. The third-order valence-electron chi connectivity index (χ3n) is 6.10. The molecule has 30 heavy (non-hydrogen) atoms. The standard InChI is InChI=1S/C22H22ClN3O3S/c23-15-7-9-16(10-8-15)30(28,29)26-12-3-6-21(26)22(27)25-13-11-20-18(14-25)17-4-1-2-5-19(17)24-20/h1-2,4-5,7-10,21,24H,3,6,11-14H2. The highest BCUT2D eigenvalue weighted by Crippen LogP contribution is 2.31. The lowest BCUT2D eigenvalue weighted by molar-refractivity contribution is -0.135. The number of fused-ring (bicyclic) bond motifs is 3. The summed E-state index contributed by atoms with van der Waals surface area (Å²) in [4.78, 5) is 18.8. The molecular formula is C22H22ClN3O3S. The molecule has 0 radical (unpaired) electrons. The maximum atomic E-state index is 13.4. The summed E-state index contributed by atoms with van der Waals surface area (Å²) in [5.41, 5.74) is 3.37. The molecule has 1 saturated heterocycles. The zero-order valence-electron chi connectivity index (χ0n) is 16.3. The molecule has 2 aromatic carbocycles. The van der Waals surface area contributed by atoms with Crippen molar-refractivity contribution in [3.63, 3.8) is 0 Å². The summed E-state index contributed by atoms with van der Waals surface area (Å²) < 4.78 is 27.7. The molecule has 2 aliphatic heterocycles. The second-order valence-electron chi connectivity index (χ2n) is 7.87. The van der Waals surface area contributed by atoms with Crippen molar-refractivity contribution in [2.45, 2.75) is 36.7 Å². The van der Waals surface area contributed by atoms with Gasteiger partial charge in [0, 0.05) is 53.2 Å². The van der Waals surface area contributed by atoms with Gasteiger partial charge in [0.25, 0.3) is 0 Å². The Labute approximate surface area is 180 Å². The van der Waals surface area contributed by atoms with E-state index < -0.39 is 16.1 Å². The number of carbonyl (C=O) groups is 1. The minimum Gasteiger partial charge on any atom is -0.358 e. The third kappa shape index (κ3) is 3.21. The summed E-state index contributed by atoms with van der Waals surface area (Å²) in [6, 6.07) is 13.5. The van der Waals surface area contributed by atoms with E-state index in [9.17, 15) is 13.2 Å². The van der Waals surface area contributed by atoms with Gasteiger partial charge in [-0.3, -0.25) is 4.79 Å². The van der Waals surface area contributed by atoms with Crippen LogP contribution in [0.15, 0.2) is 53.4 Å². The number of para-hydroxylation sites is 1. The molecule has 0 aliphatic carbocycles. The van der Waals surface area contributed by atoms with Crippen molar-refractivity contribution >= 4 is 38.4 Å². The number of hydrogen-bond donors (Lipinski definition) is 1. The van der Waals surface area contributed by atoms with E-state index in [0.29, 0.717) is 37.5 Å². The third-order valence-corrected chi connectivity index (χ3v) is 8.28. The number of aromatic amines is 1. The Balaban J connectivity index is 1.41. The summed E-state index contributed by atoms with van der Waals surface area (Å²) in [7, 11) is -3.75. The first-order chi connectivity index (χ1) is 14.4. The van der Waals surface area contributed by atoms with E-state index in [4.69, 9.17) is 11.6 Å². The van der Waals surface area contributed by atoms with Crippen LogP contribution in [0.4, 0.5) is 0 Å². The normalized spacial score (nSPS) is 19.9. The molecule has 1 atom stereocenters. The highest BCUT2D eigenvalue weighted by molar-refractivity contribution is 7.89. The number of nitrogens with one attached hydrogen (secondary N) is 1. The van der Waals surface area contributed by atoms with Gasteiger partial charge in [-0.15, -0.1) is 0 Å². The smallest absolute Gasteiger partial charge is 0.243 e. The number of aromatic nitrogens is 1. The summed E-state index contributed by atoms with van der Waals surface area (Å²) in [5.74, 6) is -0.110. The van der Waals surface area contributed by atoms with Crippen molar-refractivity contribution in [1.29, 1.82) is 0 Å².